The predicted molar refractivity (Wildman–Crippen MR) is 97.6 cm³/mol. The van der Waals surface area contributed by atoms with Gasteiger partial charge in [-0.05, 0) is 48.4 Å². The van der Waals surface area contributed by atoms with E-state index in [9.17, 15) is 18.0 Å². The van der Waals surface area contributed by atoms with Gasteiger partial charge in [0.25, 0.3) is 5.91 Å². The van der Waals surface area contributed by atoms with Crippen molar-refractivity contribution in [2.24, 2.45) is 5.14 Å². The van der Waals surface area contributed by atoms with E-state index in [0.29, 0.717) is 16.7 Å². The predicted octanol–water partition coefficient (Wildman–Crippen LogP) is 2.26. The van der Waals surface area contributed by atoms with Gasteiger partial charge >= 0.3 is 0 Å². The molecule has 134 valence electrons. The third-order valence-electron chi connectivity index (χ3n) is 3.86. The van der Waals surface area contributed by atoms with Gasteiger partial charge in [0.1, 0.15) is 5.58 Å². The summed E-state index contributed by atoms with van der Waals surface area (Å²) in [5.41, 5.74) is 1.35. The summed E-state index contributed by atoms with van der Waals surface area (Å²) in [6.45, 7) is 1.98. The second-order valence-electron chi connectivity index (χ2n) is 5.68. The van der Waals surface area contributed by atoms with Crippen molar-refractivity contribution in [3.63, 3.8) is 0 Å². The zero-order valence-electron chi connectivity index (χ0n) is 13.9. The highest BCUT2D eigenvalue weighted by atomic mass is 32.2. The van der Waals surface area contributed by atoms with Crippen molar-refractivity contribution >= 4 is 32.6 Å². The van der Waals surface area contributed by atoms with Crippen LogP contribution in [0.5, 0.6) is 0 Å². The normalized spacial score (nSPS) is 11.5. The number of hydrogen-bond acceptors (Lipinski definition) is 5. The molecule has 0 spiro atoms. The zero-order valence-corrected chi connectivity index (χ0v) is 14.7. The van der Waals surface area contributed by atoms with Gasteiger partial charge < -0.3 is 9.73 Å². The fraction of sp³-hybridized carbons (Fsp3) is 0.111. The molecule has 3 aromatic rings. The summed E-state index contributed by atoms with van der Waals surface area (Å²) in [4.78, 5) is 24.5. The highest BCUT2D eigenvalue weighted by Crippen LogP contribution is 2.17. The number of aryl methyl sites for hydroxylation is 1. The smallest absolute Gasteiger partial charge is 0.291 e. The first-order valence-corrected chi connectivity index (χ1v) is 9.33. The number of carbonyl (C=O) groups is 1. The number of carbonyl (C=O) groups excluding carboxylic acids is 1. The van der Waals surface area contributed by atoms with E-state index in [-0.39, 0.29) is 16.1 Å². The maximum absolute atomic E-state index is 12.3. The van der Waals surface area contributed by atoms with E-state index >= 15 is 0 Å². The minimum absolute atomic E-state index is 0.0699. The Bertz CT molecular complexity index is 1150. The molecule has 0 atom stereocenters. The Kier molecular flexibility index (Phi) is 4.62. The summed E-state index contributed by atoms with van der Waals surface area (Å²) in [5.74, 6) is -0.755. The molecule has 0 unspecified atom stereocenters. The van der Waals surface area contributed by atoms with Crippen molar-refractivity contribution in [2.75, 3.05) is 5.32 Å². The lowest BCUT2D eigenvalue weighted by molar-refractivity contribution is 0.0997. The molecule has 0 fully saturated rings. The third-order valence-corrected chi connectivity index (χ3v) is 4.79. The Morgan fingerprint density at radius 2 is 1.81 bits per heavy atom. The number of nitrogens with two attached hydrogens (primary N) is 1. The van der Waals surface area contributed by atoms with Crippen LogP contribution in [0.2, 0.25) is 0 Å². The Balaban J connectivity index is 1.89. The fourth-order valence-corrected chi connectivity index (χ4v) is 2.97. The zero-order chi connectivity index (χ0) is 18.9. The summed E-state index contributed by atoms with van der Waals surface area (Å²) < 4.78 is 28.0. The van der Waals surface area contributed by atoms with Crippen LogP contribution < -0.4 is 15.9 Å². The van der Waals surface area contributed by atoms with E-state index in [1.54, 1.807) is 12.1 Å². The van der Waals surface area contributed by atoms with Crippen LogP contribution in [0.3, 0.4) is 0 Å². The molecular weight excluding hydrogens is 356 g/mol. The first-order chi connectivity index (χ1) is 12.3. The third kappa shape index (κ3) is 3.66. The molecule has 0 aliphatic heterocycles. The maximum Gasteiger partial charge on any atom is 0.291 e. The number of nitrogens with one attached hydrogen (secondary N) is 1. The average molecular weight is 372 g/mol. The molecular formula is C18H16N2O5S. The van der Waals surface area contributed by atoms with E-state index in [2.05, 4.69) is 5.32 Å². The number of amides is 1. The molecule has 3 rings (SSSR count). The topological polar surface area (TPSA) is 119 Å². The van der Waals surface area contributed by atoms with Crippen LogP contribution >= 0.6 is 0 Å². The second kappa shape index (κ2) is 6.74. The number of hydrogen-bond donors (Lipinski definition) is 2. The molecule has 0 saturated carbocycles. The standard InChI is InChI=1S/C18H16N2O5S/c1-2-11-3-8-16-14(9-11)15(21)10-17(25-16)18(22)20-12-4-6-13(7-5-12)26(19,23)24/h3-10H,2H2,1H3,(H,20,22)(H2,19,23,24). The van der Waals surface area contributed by atoms with Gasteiger partial charge in [-0.3, -0.25) is 9.59 Å². The highest BCUT2D eigenvalue weighted by Gasteiger charge is 2.14. The van der Waals surface area contributed by atoms with Gasteiger partial charge in [-0.25, -0.2) is 13.6 Å². The van der Waals surface area contributed by atoms with E-state index in [4.69, 9.17) is 9.56 Å². The van der Waals surface area contributed by atoms with E-state index in [1.807, 2.05) is 13.0 Å². The molecule has 2 aromatic carbocycles. The Labute approximate surface area is 149 Å². The van der Waals surface area contributed by atoms with Gasteiger partial charge in [-0.2, -0.15) is 0 Å². The van der Waals surface area contributed by atoms with Crippen LogP contribution in [0.4, 0.5) is 5.69 Å². The van der Waals surface area contributed by atoms with Crippen LogP contribution in [0.1, 0.15) is 23.0 Å². The first-order valence-electron chi connectivity index (χ1n) is 7.79. The molecule has 1 amide bonds. The van der Waals surface area contributed by atoms with Crippen molar-refractivity contribution in [3.05, 3.63) is 70.1 Å². The van der Waals surface area contributed by atoms with Crippen LogP contribution in [-0.2, 0) is 16.4 Å². The number of benzene rings is 2. The maximum atomic E-state index is 12.3. The van der Waals surface area contributed by atoms with E-state index in [0.717, 1.165) is 18.1 Å². The summed E-state index contributed by atoms with van der Waals surface area (Å²) in [7, 11) is -3.81. The van der Waals surface area contributed by atoms with Gasteiger partial charge in [-0.1, -0.05) is 13.0 Å². The summed E-state index contributed by atoms with van der Waals surface area (Å²) in [6.07, 6.45) is 0.784. The number of anilines is 1. The second-order valence-corrected chi connectivity index (χ2v) is 7.24. The molecule has 7 nitrogen and oxygen atoms in total. The molecule has 1 heterocycles. The van der Waals surface area contributed by atoms with Crippen molar-refractivity contribution < 1.29 is 17.6 Å². The van der Waals surface area contributed by atoms with Crippen molar-refractivity contribution in [3.8, 4) is 0 Å². The minimum Gasteiger partial charge on any atom is -0.451 e. The Morgan fingerprint density at radius 1 is 1.12 bits per heavy atom. The van der Waals surface area contributed by atoms with Crippen LogP contribution in [0.25, 0.3) is 11.0 Å². The average Bonchev–Trinajstić information content (AvgIpc) is 2.61. The van der Waals surface area contributed by atoms with Crippen molar-refractivity contribution in [2.45, 2.75) is 18.2 Å². The molecule has 0 radical (unpaired) electrons. The first kappa shape index (κ1) is 17.8. The largest absolute Gasteiger partial charge is 0.451 e. The van der Waals surface area contributed by atoms with Gasteiger partial charge in [0.15, 0.2) is 11.2 Å². The van der Waals surface area contributed by atoms with Crippen molar-refractivity contribution in [1.82, 2.24) is 0 Å². The number of rotatable bonds is 4. The van der Waals surface area contributed by atoms with Crippen LogP contribution in [-0.4, -0.2) is 14.3 Å². The Hall–Kier alpha value is -2.97. The highest BCUT2D eigenvalue weighted by molar-refractivity contribution is 7.89. The molecule has 3 N–H and O–H groups in total. The van der Waals surface area contributed by atoms with Gasteiger partial charge in [-0.15, -0.1) is 0 Å². The Morgan fingerprint density at radius 3 is 2.42 bits per heavy atom. The van der Waals surface area contributed by atoms with Gasteiger partial charge in [0.05, 0.1) is 10.3 Å². The fourth-order valence-electron chi connectivity index (χ4n) is 2.46. The lowest BCUT2D eigenvalue weighted by Crippen LogP contribution is -2.15. The number of sulfonamides is 1. The molecule has 0 bridgehead atoms. The molecule has 0 saturated heterocycles. The van der Waals surface area contributed by atoms with Gasteiger partial charge in [0.2, 0.25) is 10.0 Å². The molecule has 8 heteroatoms. The summed E-state index contributed by atoms with van der Waals surface area (Å²) in [5, 5.41) is 7.98. The molecule has 26 heavy (non-hydrogen) atoms. The minimum atomic E-state index is -3.81. The summed E-state index contributed by atoms with van der Waals surface area (Å²) >= 11 is 0. The molecule has 1 aromatic heterocycles. The van der Waals surface area contributed by atoms with Crippen LogP contribution in [0.15, 0.2) is 62.6 Å². The number of primary sulfonamides is 1. The van der Waals surface area contributed by atoms with Crippen LogP contribution in [0, 0.1) is 0 Å². The molecule has 0 aliphatic rings. The molecule has 0 aliphatic carbocycles. The van der Waals surface area contributed by atoms with E-state index < -0.39 is 15.9 Å². The lowest BCUT2D eigenvalue weighted by atomic mass is 10.1. The van der Waals surface area contributed by atoms with E-state index in [1.165, 1.54) is 24.3 Å². The number of fused-ring (bicyclic) bond motifs is 1. The SMILES string of the molecule is CCc1ccc2oc(C(=O)Nc3ccc(S(N)(=O)=O)cc3)cc(=O)c2c1. The quantitative estimate of drug-likeness (QED) is 0.728. The monoisotopic (exact) mass is 372 g/mol. The van der Waals surface area contributed by atoms with Gasteiger partial charge in [0, 0.05) is 11.8 Å². The lowest BCUT2D eigenvalue weighted by Gasteiger charge is -2.07. The van der Waals surface area contributed by atoms with Crippen molar-refractivity contribution in [1.29, 1.82) is 0 Å². The summed E-state index contributed by atoms with van der Waals surface area (Å²) in [6, 6.07) is 11.7.